The minimum atomic E-state index is -0.225. The molecule has 1 aromatic rings. The van der Waals surface area contributed by atoms with E-state index in [1.165, 1.54) is 4.90 Å². The highest BCUT2D eigenvalue weighted by Crippen LogP contribution is 2.28. The molecule has 0 atom stereocenters. The van der Waals surface area contributed by atoms with Gasteiger partial charge in [0, 0.05) is 24.2 Å². The number of ether oxygens (including phenoxy) is 1. The Morgan fingerprint density at radius 1 is 1.56 bits per heavy atom. The van der Waals surface area contributed by atoms with Gasteiger partial charge in [-0.1, -0.05) is 11.6 Å². The zero-order chi connectivity index (χ0) is 13.7. The molecule has 0 aliphatic heterocycles. The summed E-state index contributed by atoms with van der Waals surface area (Å²) in [5, 5.41) is 9.10. The first-order valence-electron chi connectivity index (χ1n) is 5.43. The molecule has 0 aliphatic rings. The topological polar surface area (TPSA) is 53.3 Å². The van der Waals surface area contributed by atoms with Crippen molar-refractivity contribution in [3.8, 4) is 11.8 Å². The molecule has 0 saturated heterocycles. The minimum absolute atomic E-state index is 0.127. The van der Waals surface area contributed by atoms with Gasteiger partial charge in [-0.3, -0.25) is 4.79 Å². The smallest absolute Gasteiger partial charge is 0.236 e. The summed E-state index contributed by atoms with van der Waals surface area (Å²) >= 11 is 5.99. The quantitative estimate of drug-likeness (QED) is 0.841. The summed E-state index contributed by atoms with van der Waals surface area (Å²) < 4.78 is 5.31. The lowest BCUT2D eigenvalue weighted by atomic mass is 10.1. The van der Waals surface area contributed by atoms with Crippen LogP contribution >= 0.6 is 11.6 Å². The van der Waals surface area contributed by atoms with Gasteiger partial charge in [-0.25, -0.2) is 0 Å². The maximum atomic E-state index is 11.5. The molecule has 5 heteroatoms. The molecule has 0 fully saturated rings. The van der Waals surface area contributed by atoms with Gasteiger partial charge in [0.2, 0.25) is 5.91 Å². The molecule has 0 unspecified atom stereocenters. The molecule has 1 amide bonds. The number of carbonyl (C=O) groups excluding carboxylic acids is 1. The van der Waals surface area contributed by atoms with Crippen LogP contribution in [0.25, 0.3) is 0 Å². The largest absolute Gasteiger partial charge is 0.496 e. The van der Waals surface area contributed by atoms with Crippen molar-refractivity contribution in [2.75, 3.05) is 14.2 Å². The maximum absolute atomic E-state index is 11.5. The molecule has 96 valence electrons. The van der Waals surface area contributed by atoms with E-state index in [1.807, 2.05) is 13.0 Å². The van der Waals surface area contributed by atoms with Crippen LogP contribution in [0.2, 0.25) is 5.02 Å². The lowest BCUT2D eigenvalue weighted by molar-refractivity contribution is -0.129. The van der Waals surface area contributed by atoms with Crippen molar-refractivity contribution in [3.05, 3.63) is 28.3 Å². The van der Waals surface area contributed by atoms with E-state index in [-0.39, 0.29) is 12.3 Å². The van der Waals surface area contributed by atoms with Gasteiger partial charge in [0.25, 0.3) is 0 Å². The van der Waals surface area contributed by atoms with Gasteiger partial charge in [0.05, 0.1) is 13.2 Å². The Kier molecular flexibility index (Phi) is 4.99. The van der Waals surface area contributed by atoms with Gasteiger partial charge in [0.15, 0.2) is 0 Å². The molecule has 0 radical (unpaired) electrons. The molecule has 18 heavy (non-hydrogen) atoms. The van der Waals surface area contributed by atoms with Crippen LogP contribution in [-0.4, -0.2) is 25.0 Å². The second-order valence-corrected chi connectivity index (χ2v) is 4.44. The number of carbonyl (C=O) groups is 1. The van der Waals surface area contributed by atoms with Crippen LogP contribution in [0, 0.1) is 18.3 Å². The molecule has 1 aromatic carbocycles. The van der Waals surface area contributed by atoms with Gasteiger partial charge < -0.3 is 9.64 Å². The molecule has 0 bridgehead atoms. The molecule has 0 aromatic heterocycles. The van der Waals surface area contributed by atoms with Crippen LogP contribution in [0.1, 0.15) is 17.5 Å². The maximum Gasteiger partial charge on any atom is 0.236 e. The Morgan fingerprint density at radius 2 is 2.22 bits per heavy atom. The molecular formula is C13H15ClN2O2. The Hall–Kier alpha value is -1.73. The van der Waals surface area contributed by atoms with Crippen LogP contribution < -0.4 is 4.74 Å². The van der Waals surface area contributed by atoms with Gasteiger partial charge in [-0.05, 0) is 24.6 Å². The minimum Gasteiger partial charge on any atom is -0.496 e. The summed E-state index contributed by atoms with van der Waals surface area (Å²) in [7, 11) is 3.23. The van der Waals surface area contributed by atoms with E-state index < -0.39 is 0 Å². The van der Waals surface area contributed by atoms with Crippen LogP contribution in [0.4, 0.5) is 0 Å². The zero-order valence-electron chi connectivity index (χ0n) is 10.7. The number of rotatable bonds is 4. The van der Waals surface area contributed by atoms with Gasteiger partial charge >= 0.3 is 0 Å². The normalized spacial score (nSPS) is 9.72. The molecule has 1 rings (SSSR count). The van der Waals surface area contributed by atoms with E-state index >= 15 is 0 Å². The van der Waals surface area contributed by atoms with E-state index in [4.69, 9.17) is 21.6 Å². The summed E-state index contributed by atoms with van der Waals surface area (Å²) in [6.07, 6.45) is -0.127. The Balaban J connectivity index is 2.97. The van der Waals surface area contributed by atoms with Gasteiger partial charge in [-0.2, -0.15) is 5.26 Å². The molecule has 0 saturated carbocycles. The van der Waals surface area contributed by atoms with Crippen molar-refractivity contribution in [1.82, 2.24) is 4.90 Å². The highest BCUT2D eigenvalue weighted by atomic mass is 35.5. The van der Waals surface area contributed by atoms with Crippen LogP contribution in [0.15, 0.2) is 12.1 Å². The molecule has 4 nitrogen and oxygen atoms in total. The van der Waals surface area contributed by atoms with Crippen molar-refractivity contribution in [1.29, 1.82) is 5.26 Å². The molecule has 0 aliphatic carbocycles. The number of hydrogen-bond donors (Lipinski definition) is 0. The Labute approximate surface area is 112 Å². The van der Waals surface area contributed by atoms with E-state index in [0.29, 0.717) is 11.6 Å². The third-order valence-corrected chi connectivity index (χ3v) is 2.80. The second kappa shape index (κ2) is 6.27. The van der Waals surface area contributed by atoms with Gasteiger partial charge in [0.1, 0.15) is 12.2 Å². The summed E-state index contributed by atoms with van der Waals surface area (Å²) in [4.78, 5) is 13.0. The Morgan fingerprint density at radius 3 is 2.78 bits per heavy atom. The predicted molar refractivity (Wildman–Crippen MR) is 69.4 cm³/mol. The summed E-state index contributed by atoms with van der Waals surface area (Å²) in [6, 6.07) is 5.41. The fourth-order valence-electron chi connectivity index (χ4n) is 1.76. The van der Waals surface area contributed by atoms with Crippen LogP contribution in [0.5, 0.6) is 5.75 Å². The highest BCUT2D eigenvalue weighted by molar-refractivity contribution is 6.30. The number of hydrogen-bond acceptors (Lipinski definition) is 3. The number of benzene rings is 1. The van der Waals surface area contributed by atoms with E-state index in [9.17, 15) is 4.79 Å². The molecule has 0 heterocycles. The number of amides is 1. The monoisotopic (exact) mass is 266 g/mol. The first-order valence-corrected chi connectivity index (χ1v) is 5.81. The number of methoxy groups -OCH3 is 1. The van der Waals surface area contributed by atoms with Crippen LogP contribution in [0.3, 0.4) is 0 Å². The third kappa shape index (κ3) is 3.38. The average molecular weight is 267 g/mol. The number of aryl methyl sites for hydroxylation is 1. The Bertz CT molecular complexity index is 494. The van der Waals surface area contributed by atoms with Crippen molar-refractivity contribution in [2.24, 2.45) is 0 Å². The van der Waals surface area contributed by atoms with Crippen molar-refractivity contribution in [3.63, 3.8) is 0 Å². The zero-order valence-corrected chi connectivity index (χ0v) is 11.4. The summed E-state index contributed by atoms with van der Waals surface area (Å²) in [6.45, 7) is 2.26. The number of nitriles is 1. The standard InChI is InChI=1S/C13H15ClN2O2/c1-9-6-11(14)7-10(13(9)18-3)8-16(2)12(17)4-5-15/h6-7H,4,8H2,1-3H3. The van der Waals surface area contributed by atoms with E-state index in [0.717, 1.165) is 16.9 Å². The highest BCUT2D eigenvalue weighted by Gasteiger charge is 2.14. The van der Waals surface area contributed by atoms with Gasteiger partial charge in [-0.15, -0.1) is 0 Å². The van der Waals surface area contributed by atoms with Crippen LogP contribution in [-0.2, 0) is 11.3 Å². The van der Waals surface area contributed by atoms with Crippen molar-refractivity contribution in [2.45, 2.75) is 19.9 Å². The average Bonchev–Trinajstić information content (AvgIpc) is 2.28. The third-order valence-electron chi connectivity index (χ3n) is 2.58. The lowest BCUT2D eigenvalue weighted by Gasteiger charge is -2.19. The number of nitrogens with zero attached hydrogens (tertiary/aromatic N) is 2. The van der Waals surface area contributed by atoms with Crippen molar-refractivity contribution >= 4 is 17.5 Å². The fraction of sp³-hybridized carbons (Fsp3) is 0.385. The van der Waals surface area contributed by atoms with E-state index in [2.05, 4.69) is 0 Å². The van der Waals surface area contributed by atoms with Crippen molar-refractivity contribution < 1.29 is 9.53 Å². The first kappa shape index (κ1) is 14.3. The molecular weight excluding hydrogens is 252 g/mol. The number of halogens is 1. The summed E-state index contributed by atoms with van der Waals surface area (Å²) in [5.74, 6) is 0.494. The molecule has 0 N–H and O–H groups in total. The van der Waals surface area contributed by atoms with E-state index in [1.54, 1.807) is 26.3 Å². The lowest BCUT2D eigenvalue weighted by Crippen LogP contribution is -2.25. The summed E-state index contributed by atoms with van der Waals surface area (Å²) in [5.41, 5.74) is 1.75. The predicted octanol–water partition coefficient (Wildman–Crippen LogP) is 2.53. The second-order valence-electron chi connectivity index (χ2n) is 4.00. The SMILES string of the molecule is COc1c(C)cc(Cl)cc1CN(C)C(=O)CC#N. The fourth-order valence-corrected chi connectivity index (χ4v) is 2.05. The first-order chi connectivity index (χ1) is 8.49. The molecule has 0 spiro atoms.